The standard InChI is InChI=1S/C25H30N4O4/c1-32-19-8-9-20(23(14-19)33-2)21-15-22(17-6-4-3-5-7-17)29(27-21)24(30)16-28-12-10-18(11-13-28)25(26)31/h3-9,14,18,22H,10-13,15-16H2,1-2H3,(H2,26,31)/t22-/m1/s1. The molecule has 2 aromatic rings. The highest BCUT2D eigenvalue weighted by Crippen LogP contribution is 2.36. The fourth-order valence-corrected chi connectivity index (χ4v) is 4.51. The van der Waals surface area contributed by atoms with Crippen molar-refractivity contribution in [2.45, 2.75) is 25.3 Å². The average molecular weight is 451 g/mol. The first-order valence-corrected chi connectivity index (χ1v) is 11.2. The molecule has 4 rings (SSSR count). The second kappa shape index (κ2) is 10.0. The Morgan fingerprint density at radius 3 is 2.42 bits per heavy atom. The van der Waals surface area contributed by atoms with Crippen molar-refractivity contribution in [1.29, 1.82) is 0 Å². The second-order valence-corrected chi connectivity index (χ2v) is 8.43. The van der Waals surface area contributed by atoms with Gasteiger partial charge < -0.3 is 15.2 Å². The van der Waals surface area contributed by atoms with Crippen LogP contribution in [0.25, 0.3) is 0 Å². The van der Waals surface area contributed by atoms with Gasteiger partial charge in [-0.3, -0.25) is 14.5 Å². The highest BCUT2D eigenvalue weighted by atomic mass is 16.5. The van der Waals surface area contributed by atoms with Gasteiger partial charge in [-0.15, -0.1) is 0 Å². The molecule has 2 aromatic carbocycles. The molecule has 0 bridgehead atoms. The van der Waals surface area contributed by atoms with Gasteiger partial charge in [0, 0.05) is 24.0 Å². The van der Waals surface area contributed by atoms with Crippen LogP contribution in [0.3, 0.4) is 0 Å². The molecule has 2 amide bonds. The van der Waals surface area contributed by atoms with E-state index in [1.807, 2.05) is 48.5 Å². The quantitative estimate of drug-likeness (QED) is 0.699. The van der Waals surface area contributed by atoms with E-state index in [-0.39, 0.29) is 30.3 Å². The highest BCUT2D eigenvalue weighted by molar-refractivity contribution is 6.05. The van der Waals surface area contributed by atoms with Crippen LogP contribution in [0.1, 0.15) is 36.4 Å². The van der Waals surface area contributed by atoms with E-state index in [0.29, 0.717) is 43.9 Å². The average Bonchev–Trinajstić information content (AvgIpc) is 3.30. The summed E-state index contributed by atoms with van der Waals surface area (Å²) in [5.41, 5.74) is 8.11. The number of piperidine rings is 1. The largest absolute Gasteiger partial charge is 0.497 e. The molecule has 2 aliphatic heterocycles. The van der Waals surface area contributed by atoms with Gasteiger partial charge in [-0.1, -0.05) is 30.3 Å². The van der Waals surface area contributed by atoms with Crippen molar-refractivity contribution in [3.63, 3.8) is 0 Å². The Bertz CT molecular complexity index is 1030. The molecule has 0 radical (unpaired) electrons. The smallest absolute Gasteiger partial charge is 0.257 e. The fraction of sp³-hybridized carbons (Fsp3) is 0.400. The molecule has 2 aliphatic rings. The molecule has 2 heterocycles. The number of carbonyl (C=O) groups excluding carboxylic acids is 2. The molecule has 0 aliphatic carbocycles. The first-order chi connectivity index (χ1) is 16.0. The van der Waals surface area contributed by atoms with Crippen LogP contribution in [0.15, 0.2) is 53.6 Å². The number of benzene rings is 2. The summed E-state index contributed by atoms with van der Waals surface area (Å²) < 4.78 is 10.9. The van der Waals surface area contributed by atoms with E-state index in [9.17, 15) is 9.59 Å². The maximum absolute atomic E-state index is 13.4. The topological polar surface area (TPSA) is 97.5 Å². The highest BCUT2D eigenvalue weighted by Gasteiger charge is 2.35. The lowest BCUT2D eigenvalue weighted by Gasteiger charge is -2.31. The summed E-state index contributed by atoms with van der Waals surface area (Å²) in [6.07, 6.45) is 1.95. The lowest BCUT2D eigenvalue weighted by atomic mass is 9.96. The lowest BCUT2D eigenvalue weighted by Crippen LogP contribution is -2.43. The van der Waals surface area contributed by atoms with E-state index >= 15 is 0 Å². The molecule has 0 aromatic heterocycles. The van der Waals surface area contributed by atoms with Crippen LogP contribution in [0.4, 0.5) is 0 Å². The molecule has 0 spiro atoms. The third-order valence-electron chi connectivity index (χ3n) is 6.42. The molecule has 8 nitrogen and oxygen atoms in total. The number of nitrogens with zero attached hydrogens (tertiary/aromatic N) is 3. The summed E-state index contributed by atoms with van der Waals surface area (Å²) in [6.45, 7) is 1.60. The number of rotatable bonds is 7. The van der Waals surface area contributed by atoms with Crippen molar-refractivity contribution < 1.29 is 19.1 Å². The van der Waals surface area contributed by atoms with Crippen molar-refractivity contribution in [1.82, 2.24) is 9.91 Å². The summed E-state index contributed by atoms with van der Waals surface area (Å²) in [4.78, 5) is 26.9. The number of primary amides is 1. The second-order valence-electron chi connectivity index (χ2n) is 8.43. The number of methoxy groups -OCH3 is 2. The Kier molecular flexibility index (Phi) is 6.93. The van der Waals surface area contributed by atoms with E-state index < -0.39 is 0 Å². The summed E-state index contributed by atoms with van der Waals surface area (Å²) in [5.74, 6) is 0.924. The minimum Gasteiger partial charge on any atom is -0.497 e. The van der Waals surface area contributed by atoms with Crippen molar-refractivity contribution in [2.24, 2.45) is 16.8 Å². The predicted octanol–water partition coefficient (Wildman–Crippen LogP) is 2.58. The van der Waals surface area contributed by atoms with Crippen LogP contribution in [-0.2, 0) is 9.59 Å². The molecule has 8 heteroatoms. The number of carbonyl (C=O) groups is 2. The number of likely N-dealkylation sites (tertiary alicyclic amines) is 1. The van der Waals surface area contributed by atoms with Crippen molar-refractivity contribution >= 4 is 17.5 Å². The fourth-order valence-electron chi connectivity index (χ4n) is 4.51. The Labute approximate surface area is 193 Å². The first kappa shape index (κ1) is 22.8. The zero-order chi connectivity index (χ0) is 23.4. The molecule has 0 unspecified atom stereocenters. The monoisotopic (exact) mass is 450 g/mol. The number of amides is 2. The van der Waals surface area contributed by atoms with Crippen LogP contribution in [0, 0.1) is 5.92 Å². The zero-order valence-electron chi connectivity index (χ0n) is 19.1. The van der Waals surface area contributed by atoms with Gasteiger partial charge in [0.05, 0.1) is 32.5 Å². The van der Waals surface area contributed by atoms with Gasteiger partial charge >= 0.3 is 0 Å². The van der Waals surface area contributed by atoms with Crippen LogP contribution in [0.2, 0.25) is 0 Å². The minimum absolute atomic E-state index is 0.0659. The summed E-state index contributed by atoms with van der Waals surface area (Å²) in [7, 11) is 3.22. The number of ether oxygens (including phenoxy) is 2. The van der Waals surface area contributed by atoms with E-state index in [4.69, 9.17) is 20.3 Å². The minimum atomic E-state index is -0.257. The Morgan fingerprint density at radius 2 is 1.79 bits per heavy atom. The molecule has 1 atom stereocenters. The first-order valence-electron chi connectivity index (χ1n) is 11.2. The van der Waals surface area contributed by atoms with Crippen LogP contribution in [-0.4, -0.2) is 61.3 Å². The normalized spacial score (nSPS) is 19.3. The van der Waals surface area contributed by atoms with Crippen LogP contribution in [0.5, 0.6) is 11.5 Å². The summed E-state index contributed by atoms with van der Waals surface area (Å²) in [5, 5.41) is 6.37. The maximum atomic E-state index is 13.4. The molecule has 0 saturated carbocycles. The molecule has 1 fully saturated rings. The Balaban J connectivity index is 1.57. The third kappa shape index (κ3) is 5.01. The van der Waals surface area contributed by atoms with E-state index in [1.165, 1.54) is 0 Å². The zero-order valence-corrected chi connectivity index (χ0v) is 19.1. The van der Waals surface area contributed by atoms with Gasteiger partial charge in [-0.25, -0.2) is 5.01 Å². The Hall–Kier alpha value is -3.39. The van der Waals surface area contributed by atoms with Gasteiger partial charge in [-0.05, 0) is 43.6 Å². The van der Waals surface area contributed by atoms with Crippen LogP contribution < -0.4 is 15.2 Å². The molecular formula is C25H30N4O4. The summed E-state index contributed by atoms with van der Waals surface area (Å²) in [6, 6.07) is 15.4. The number of nitrogens with two attached hydrogens (primary N) is 1. The van der Waals surface area contributed by atoms with Gasteiger partial charge in [-0.2, -0.15) is 5.10 Å². The molecule has 174 valence electrons. The molecular weight excluding hydrogens is 420 g/mol. The predicted molar refractivity (Wildman–Crippen MR) is 125 cm³/mol. The van der Waals surface area contributed by atoms with Gasteiger partial charge in [0.1, 0.15) is 11.5 Å². The van der Waals surface area contributed by atoms with E-state index in [2.05, 4.69) is 4.90 Å². The van der Waals surface area contributed by atoms with Gasteiger partial charge in [0.25, 0.3) is 5.91 Å². The lowest BCUT2D eigenvalue weighted by molar-refractivity contribution is -0.134. The molecule has 1 saturated heterocycles. The molecule has 33 heavy (non-hydrogen) atoms. The number of hydrogen-bond acceptors (Lipinski definition) is 6. The van der Waals surface area contributed by atoms with Crippen LogP contribution >= 0.6 is 0 Å². The SMILES string of the molecule is COc1ccc(C2=NN(C(=O)CN3CCC(C(N)=O)CC3)[C@@H](c3ccccc3)C2)c(OC)c1. The van der Waals surface area contributed by atoms with Crippen molar-refractivity contribution in [3.05, 3.63) is 59.7 Å². The number of hydrazone groups is 1. The number of hydrogen-bond donors (Lipinski definition) is 1. The maximum Gasteiger partial charge on any atom is 0.257 e. The van der Waals surface area contributed by atoms with E-state index in [1.54, 1.807) is 19.2 Å². The van der Waals surface area contributed by atoms with Crippen molar-refractivity contribution in [2.75, 3.05) is 33.9 Å². The van der Waals surface area contributed by atoms with Gasteiger partial charge in [0.2, 0.25) is 5.91 Å². The van der Waals surface area contributed by atoms with Gasteiger partial charge in [0.15, 0.2) is 0 Å². The molecule has 2 N–H and O–H groups in total. The Morgan fingerprint density at radius 1 is 1.06 bits per heavy atom. The summed E-state index contributed by atoms with van der Waals surface area (Å²) >= 11 is 0. The third-order valence-corrected chi connectivity index (χ3v) is 6.42. The van der Waals surface area contributed by atoms with Crippen molar-refractivity contribution in [3.8, 4) is 11.5 Å². The van der Waals surface area contributed by atoms with E-state index in [0.717, 1.165) is 16.8 Å².